The van der Waals surface area contributed by atoms with Gasteiger partial charge in [0, 0.05) is 30.8 Å². The van der Waals surface area contributed by atoms with E-state index in [1.54, 1.807) is 29.2 Å². The second-order valence-electron chi connectivity index (χ2n) is 5.52. The van der Waals surface area contributed by atoms with Crippen LogP contribution in [0.2, 0.25) is 0 Å². The van der Waals surface area contributed by atoms with E-state index < -0.39 is 0 Å². The molecular weight excluding hydrogens is 268 g/mol. The standard InChI is InChI=1S/C15H22N4O2/c1-18-9-3-4-13(18)10-19(2)15(20)12-7-5-11(6-8-12)14(16)17-21/h5-8,13,21H,3-4,9-10H2,1-2H3,(H2,16,17). The van der Waals surface area contributed by atoms with E-state index in [9.17, 15) is 4.79 Å². The van der Waals surface area contributed by atoms with Gasteiger partial charge in [0.15, 0.2) is 5.84 Å². The first-order valence-electron chi connectivity index (χ1n) is 7.06. The first-order valence-corrected chi connectivity index (χ1v) is 7.06. The molecule has 0 saturated carbocycles. The molecule has 2 rings (SSSR count). The molecule has 1 amide bonds. The highest BCUT2D eigenvalue weighted by Crippen LogP contribution is 2.16. The van der Waals surface area contributed by atoms with Crippen molar-refractivity contribution in [1.29, 1.82) is 0 Å². The molecule has 1 heterocycles. The van der Waals surface area contributed by atoms with E-state index in [0.29, 0.717) is 17.2 Å². The van der Waals surface area contributed by atoms with Crippen LogP contribution in [0.1, 0.15) is 28.8 Å². The molecule has 0 radical (unpaired) electrons. The van der Waals surface area contributed by atoms with Crippen LogP contribution >= 0.6 is 0 Å². The molecule has 3 N–H and O–H groups in total. The Bertz CT molecular complexity index is 527. The summed E-state index contributed by atoms with van der Waals surface area (Å²) in [6.07, 6.45) is 2.33. The van der Waals surface area contributed by atoms with Crippen LogP contribution < -0.4 is 5.73 Å². The maximum absolute atomic E-state index is 12.4. The zero-order chi connectivity index (χ0) is 15.4. The fourth-order valence-electron chi connectivity index (χ4n) is 2.67. The Morgan fingerprint density at radius 3 is 2.57 bits per heavy atom. The van der Waals surface area contributed by atoms with Crippen LogP contribution in [0, 0.1) is 0 Å². The Labute approximate surface area is 124 Å². The average Bonchev–Trinajstić information content (AvgIpc) is 2.91. The van der Waals surface area contributed by atoms with Crippen molar-refractivity contribution in [2.45, 2.75) is 18.9 Å². The van der Waals surface area contributed by atoms with Crippen molar-refractivity contribution in [1.82, 2.24) is 9.80 Å². The van der Waals surface area contributed by atoms with Crippen LogP contribution in [0.4, 0.5) is 0 Å². The van der Waals surface area contributed by atoms with Gasteiger partial charge in [0.05, 0.1) is 0 Å². The van der Waals surface area contributed by atoms with Gasteiger partial charge < -0.3 is 20.7 Å². The maximum atomic E-state index is 12.4. The van der Waals surface area contributed by atoms with Gasteiger partial charge in [-0.3, -0.25) is 4.79 Å². The minimum absolute atomic E-state index is 0.0126. The largest absolute Gasteiger partial charge is 0.409 e. The second kappa shape index (κ2) is 6.58. The predicted octanol–water partition coefficient (Wildman–Crippen LogP) is 0.947. The molecule has 114 valence electrons. The fourth-order valence-corrected chi connectivity index (χ4v) is 2.67. The molecule has 1 saturated heterocycles. The summed E-state index contributed by atoms with van der Waals surface area (Å²) < 4.78 is 0. The molecule has 1 fully saturated rings. The fraction of sp³-hybridized carbons (Fsp3) is 0.467. The van der Waals surface area contributed by atoms with Crippen molar-refractivity contribution in [3.63, 3.8) is 0 Å². The molecule has 6 nitrogen and oxygen atoms in total. The summed E-state index contributed by atoms with van der Waals surface area (Å²) in [6.45, 7) is 1.83. The van der Waals surface area contributed by atoms with Gasteiger partial charge in [0.2, 0.25) is 0 Å². The number of benzene rings is 1. The number of carbonyl (C=O) groups excluding carboxylic acids is 1. The van der Waals surface area contributed by atoms with E-state index in [1.165, 1.54) is 6.42 Å². The summed E-state index contributed by atoms with van der Waals surface area (Å²) in [7, 11) is 3.92. The van der Waals surface area contributed by atoms with Crippen molar-refractivity contribution in [3.05, 3.63) is 35.4 Å². The highest BCUT2D eigenvalue weighted by molar-refractivity contribution is 5.99. The number of carbonyl (C=O) groups is 1. The van der Waals surface area contributed by atoms with E-state index in [4.69, 9.17) is 10.9 Å². The van der Waals surface area contributed by atoms with E-state index in [-0.39, 0.29) is 11.7 Å². The van der Waals surface area contributed by atoms with Crippen molar-refractivity contribution in [3.8, 4) is 0 Å². The molecule has 1 aromatic rings. The van der Waals surface area contributed by atoms with Crippen molar-refractivity contribution in [2.75, 3.05) is 27.2 Å². The monoisotopic (exact) mass is 290 g/mol. The molecule has 1 aliphatic heterocycles. The van der Waals surface area contributed by atoms with Crippen LogP contribution in [-0.2, 0) is 0 Å². The highest BCUT2D eigenvalue weighted by atomic mass is 16.4. The third-order valence-corrected chi connectivity index (χ3v) is 4.04. The van der Waals surface area contributed by atoms with Gasteiger partial charge >= 0.3 is 0 Å². The number of likely N-dealkylation sites (tertiary alicyclic amines) is 1. The second-order valence-corrected chi connectivity index (χ2v) is 5.52. The molecule has 1 atom stereocenters. The molecule has 1 aliphatic rings. The Morgan fingerprint density at radius 1 is 1.43 bits per heavy atom. The molecule has 0 aromatic heterocycles. The number of amidine groups is 1. The number of amides is 1. The SMILES string of the molecule is CN(CC1CCCN1C)C(=O)c1ccc(C(N)=NO)cc1. The lowest BCUT2D eigenvalue weighted by atomic mass is 10.1. The number of likely N-dealkylation sites (N-methyl/N-ethyl adjacent to an activating group) is 2. The van der Waals surface area contributed by atoms with Crippen LogP contribution in [0.3, 0.4) is 0 Å². The number of rotatable bonds is 4. The molecule has 0 aliphatic carbocycles. The molecular formula is C15H22N4O2. The minimum atomic E-state index is -0.0126. The molecule has 0 bridgehead atoms. The Kier molecular flexibility index (Phi) is 4.80. The summed E-state index contributed by atoms with van der Waals surface area (Å²) in [6, 6.07) is 7.19. The first-order chi connectivity index (χ1) is 10.0. The van der Waals surface area contributed by atoms with Gasteiger partial charge in [-0.05, 0) is 38.6 Å². The third kappa shape index (κ3) is 3.52. The molecule has 1 aromatic carbocycles. The lowest BCUT2D eigenvalue weighted by molar-refractivity contribution is 0.0761. The van der Waals surface area contributed by atoms with E-state index in [1.807, 2.05) is 7.05 Å². The quantitative estimate of drug-likeness (QED) is 0.374. The van der Waals surface area contributed by atoms with Gasteiger partial charge in [-0.15, -0.1) is 0 Å². The highest BCUT2D eigenvalue weighted by Gasteiger charge is 2.24. The van der Waals surface area contributed by atoms with Crippen LogP contribution in [-0.4, -0.2) is 60.0 Å². The lowest BCUT2D eigenvalue weighted by Crippen LogP contribution is -2.39. The summed E-state index contributed by atoms with van der Waals surface area (Å²) in [5, 5.41) is 11.6. The average molecular weight is 290 g/mol. The maximum Gasteiger partial charge on any atom is 0.253 e. The zero-order valence-electron chi connectivity index (χ0n) is 12.5. The Morgan fingerprint density at radius 2 is 2.05 bits per heavy atom. The van der Waals surface area contributed by atoms with Gasteiger partial charge in [0.1, 0.15) is 0 Å². The van der Waals surface area contributed by atoms with Crippen molar-refractivity contribution < 1.29 is 10.0 Å². The number of hydrogen-bond acceptors (Lipinski definition) is 4. The predicted molar refractivity (Wildman–Crippen MR) is 81.6 cm³/mol. The number of hydrogen-bond donors (Lipinski definition) is 2. The van der Waals surface area contributed by atoms with E-state index in [0.717, 1.165) is 19.5 Å². The summed E-state index contributed by atoms with van der Waals surface area (Å²) in [5.74, 6) is 0.0243. The minimum Gasteiger partial charge on any atom is -0.409 e. The Balaban J connectivity index is 2.02. The van der Waals surface area contributed by atoms with Gasteiger partial charge in [-0.2, -0.15) is 0 Å². The normalized spacial score (nSPS) is 19.7. The smallest absolute Gasteiger partial charge is 0.253 e. The van der Waals surface area contributed by atoms with E-state index in [2.05, 4.69) is 17.1 Å². The van der Waals surface area contributed by atoms with Crippen LogP contribution in [0.25, 0.3) is 0 Å². The summed E-state index contributed by atoms with van der Waals surface area (Å²) in [4.78, 5) is 16.4. The molecule has 21 heavy (non-hydrogen) atoms. The zero-order valence-corrected chi connectivity index (χ0v) is 12.5. The van der Waals surface area contributed by atoms with Gasteiger partial charge in [-0.1, -0.05) is 17.3 Å². The van der Waals surface area contributed by atoms with Gasteiger partial charge in [-0.25, -0.2) is 0 Å². The number of oxime groups is 1. The summed E-state index contributed by atoms with van der Waals surface area (Å²) in [5.41, 5.74) is 6.70. The topological polar surface area (TPSA) is 82.2 Å². The molecule has 1 unspecified atom stereocenters. The lowest BCUT2D eigenvalue weighted by Gasteiger charge is -2.26. The van der Waals surface area contributed by atoms with Crippen LogP contribution in [0.5, 0.6) is 0 Å². The van der Waals surface area contributed by atoms with E-state index >= 15 is 0 Å². The molecule has 6 heteroatoms. The first kappa shape index (κ1) is 15.3. The van der Waals surface area contributed by atoms with Gasteiger partial charge in [0.25, 0.3) is 5.91 Å². The van der Waals surface area contributed by atoms with Crippen LogP contribution in [0.15, 0.2) is 29.4 Å². The van der Waals surface area contributed by atoms with Crippen molar-refractivity contribution >= 4 is 11.7 Å². The Hall–Kier alpha value is -2.08. The van der Waals surface area contributed by atoms with Crippen molar-refractivity contribution in [2.24, 2.45) is 10.9 Å². The number of nitrogens with zero attached hydrogens (tertiary/aromatic N) is 3. The molecule has 0 spiro atoms. The number of nitrogens with two attached hydrogens (primary N) is 1. The third-order valence-electron chi connectivity index (χ3n) is 4.04. The summed E-state index contributed by atoms with van der Waals surface area (Å²) >= 11 is 0.